The van der Waals surface area contributed by atoms with Crippen molar-refractivity contribution in [2.24, 2.45) is 0 Å². The van der Waals surface area contributed by atoms with Crippen molar-refractivity contribution in [3.05, 3.63) is 36.3 Å². The Balaban J connectivity index is 1.79. The van der Waals surface area contributed by atoms with Crippen molar-refractivity contribution in [2.45, 2.75) is 39.7 Å². The number of amides is 2. The molecule has 10 nitrogen and oxygen atoms in total. The third kappa shape index (κ3) is 4.53. The second-order valence-corrected chi connectivity index (χ2v) is 6.61. The van der Waals surface area contributed by atoms with Gasteiger partial charge in [-0.25, -0.2) is 9.97 Å². The maximum atomic E-state index is 12.7. The molecule has 1 atom stereocenters. The summed E-state index contributed by atoms with van der Waals surface area (Å²) in [4.78, 5) is 35.4. The van der Waals surface area contributed by atoms with E-state index < -0.39 is 11.9 Å². The summed E-state index contributed by atoms with van der Waals surface area (Å²) in [6.45, 7) is 7.05. The number of rotatable bonds is 8. The molecule has 1 unspecified atom stereocenters. The smallest absolute Gasteiger partial charge is 0.272 e. The van der Waals surface area contributed by atoms with Gasteiger partial charge in [0.05, 0.1) is 0 Å². The van der Waals surface area contributed by atoms with Crippen LogP contribution in [0.1, 0.15) is 44.1 Å². The zero-order valence-electron chi connectivity index (χ0n) is 16.7. The highest BCUT2D eigenvalue weighted by Crippen LogP contribution is 2.12. The molecule has 0 fully saturated rings. The van der Waals surface area contributed by atoms with Crippen molar-refractivity contribution in [3.63, 3.8) is 0 Å². The molecule has 29 heavy (non-hydrogen) atoms. The Labute approximate surface area is 168 Å². The molecule has 0 aromatic carbocycles. The molecular formula is C19H24N8O2. The summed E-state index contributed by atoms with van der Waals surface area (Å²) < 4.78 is 1.41. The molecule has 0 aliphatic heterocycles. The number of hydrogen-bond donors (Lipinski definition) is 1. The van der Waals surface area contributed by atoms with Crippen LogP contribution in [0.25, 0.3) is 17.3 Å². The first kappa shape index (κ1) is 20.3. The lowest BCUT2D eigenvalue weighted by Gasteiger charge is -2.25. The van der Waals surface area contributed by atoms with Gasteiger partial charge in [0.2, 0.25) is 11.7 Å². The van der Waals surface area contributed by atoms with E-state index in [9.17, 15) is 9.59 Å². The van der Waals surface area contributed by atoms with Gasteiger partial charge in [0.25, 0.3) is 5.91 Å². The summed E-state index contributed by atoms with van der Waals surface area (Å²) in [6, 6.07) is 4.21. The minimum absolute atomic E-state index is 0.106. The molecule has 3 heterocycles. The first-order valence-electron chi connectivity index (χ1n) is 9.64. The van der Waals surface area contributed by atoms with Crippen LogP contribution in [0.3, 0.4) is 0 Å². The summed E-state index contributed by atoms with van der Waals surface area (Å²) >= 11 is 0. The molecule has 1 N–H and O–H groups in total. The van der Waals surface area contributed by atoms with Crippen LogP contribution >= 0.6 is 0 Å². The molecule has 2 amide bonds. The Morgan fingerprint density at radius 2 is 1.79 bits per heavy atom. The topological polar surface area (TPSA) is 118 Å². The van der Waals surface area contributed by atoms with Gasteiger partial charge in [0.15, 0.2) is 11.5 Å². The van der Waals surface area contributed by atoms with Crippen molar-refractivity contribution in [1.82, 2.24) is 40.0 Å². The number of nitrogens with zero attached hydrogens (tertiary/aromatic N) is 7. The molecule has 3 rings (SSSR count). The summed E-state index contributed by atoms with van der Waals surface area (Å²) in [7, 11) is 0. The lowest BCUT2D eigenvalue weighted by Crippen LogP contribution is -2.47. The van der Waals surface area contributed by atoms with Crippen molar-refractivity contribution < 1.29 is 9.59 Å². The van der Waals surface area contributed by atoms with Gasteiger partial charge in [-0.15, -0.1) is 10.2 Å². The quantitative estimate of drug-likeness (QED) is 0.610. The number of nitrogens with one attached hydrogen (secondary N) is 1. The molecule has 0 saturated heterocycles. The second-order valence-electron chi connectivity index (χ2n) is 6.61. The van der Waals surface area contributed by atoms with Crippen LogP contribution in [0.5, 0.6) is 0 Å². The Kier molecular flexibility index (Phi) is 6.43. The minimum atomic E-state index is -0.657. The number of aromatic nitrogens is 6. The molecule has 0 radical (unpaired) electrons. The van der Waals surface area contributed by atoms with Crippen LogP contribution < -0.4 is 5.32 Å². The van der Waals surface area contributed by atoms with E-state index in [4.69, 9.17) is 0 Å². The van der Waals surface area contributed by atoms with Gasteiger partial charge in [-0.05, 0) is 38.0 Å². The van der Waals surface area contributed by atoms with Gasteiger partial charge in [-0.2, -0.15) is 9.61 Å². The first-order valence-corrected chi connectivity index (χ1v) is 9.64. The maximum Gasteiger partial charge on any atom is 0.272 e. The fraction of sp³-hybridized carbons (Fsp3) is 0.421. The molecule has 0 aliphatic carbocycles. The Morgan fingerprint density at radius 1 is 1.10 bits per heavy atom. The van der Waals surface area contributed by atoms with Gasteiger partial charge in [-0.3, -0.25) is 9.59 Å². The van der Waals surface area contributed by atoms with Gasteiger partial charge >= 0.3 is 0 Å². The summed E-state index contributed by atoms with van der Waals surface area (Å²) in [5.41, 5.74) is 0.608. The number of carbonyl (C=O) groups excluding carboxylic acids is 2. The molecule has 0 saturated carbocycles. The molecule has 152 valence electrons. The normalized spacial score (nSPS) is 12.0. The monoisotopic (exact) mass is 396 g/mol. The summed E-state index contributed by atoms with van der Waals surface area (Å²) in [5, 5.41) is 15.1. The zero-order valence-corrected chi connectivity index (χ0v) is 16.7. The Morgan fingerprint density at radius 3 is 2.45 bits per heavy atom. The minimum Gasteiger partial charge on any atom is -0.341 e. The summed E-state index contributed by atoms with van der Waals surface area (Å²) in [6.07, 6.45) is 4.91. The van der Waals surface area contributed by atoms with Gasteiger partial charge < -0.3 is 10.2 Å². The maximum absolute atomic E-state index is 12.7. The van der Waals surface area contributed by atoms with Crippen molar-refractivity contribution in [1.29, 1.82) is 0 Å². The van der Waals surface area contributed by atoms with Crippen molar-refractivity contribution in [3.8, 4) is 11.6 Å². The molecule has 3 aromatic rings. The van der Waals surface area contributed by atoms with Crippen LogP contribution in [0.4, 0.5) is 0 Å². The molecule has 0 bridgehead atoms. The Bertz CT molecular complexity index is 982. The summed E-state index contributed by atoms with van der Waals surface area (Å²) in [5.74, 6) is 0.125. The third-order valence-corrected chi connectivity index (χ3v) is 4.28. The van der Waals surface area contributed by atoms with E-state index >= 15 is 0 Å². The number of hydrogen-bond acceptors (Lipinski definition) is 7. The van der Waals surface area contributed by atoms with Crippen molar-refractivity contribution in [2.75, 3.05) is 13.1 Å². The average molecular weight is 396 g/mol. The second kappa shape index (κ2) is 9.18. The highest BCUT2D eigenvalue weighted by molar-refractivity contribution is 5.96. The molecule has 10 heteroatoms. The zero-order chi connectivity index (χ0) is 20.8. The van der Waals surface area contributed by atoms with E-state index in [1.165, 1.54) is 4.52 Å². The van der Waals surface area contributed by atoms with Crippen LogP contribution in [0, 0.1) is 0 Å². The van der Waals surface area contributed by atoms with Crippen LogP contribution in [-0.2, 0) is 4.79 Å². The lowest BCUT2D eigenvalue weighted by atomic mass is 10.2. The van der Waals surface area contributed by atoms with Gasteiger partial charge in [0, 0.05) is 25.5 Å². The number of fused-ring (bicyclic) bond motifs is 1. The van der Waals surface area contributed by atoms with E-state index in [1.807, 2.05) is 13.8 Å². The van der Waals surface area contributed by atoms with Gasteiger partial charge in [0.1, 0.15) is 11.7 Å². The van der Waals surface area contributed by atoms with Crippen LogP contribution in [0.15, 0.2) is 30.6 Å². The highest BCUT2D eigenvalue weighted by Gasteiger charge is 2.23. The number of carbonyl (C=O) groups is 2. The molecule has 3 aromatic heterocycles. The van der Waals surface area contributed by atoms with Gasteiger partial charge in [-0.1, -0.05) is 13.8 Å². The lowest BCUT2D eigenvalue weighted by molar-refractivity contribution is -0.132. The fourth-order valence-electron chi connectivity index (χ4n) is 2.94. The van der Waals surface area contributed by atoms with E-state index in [0.717, 1.165) is 12.8 Å². The standard InChI is InChI=1S/C19H24N8O2/c1-4-11-26(12-5-2)19(29)13(3)22-18(28)14-7-8-15-23-24-17(27(15)25-14)16-20-9-6-10-21-16/h6-10,13H,4-5,11-12H2,1-3H3,(H,22,28). The molecular weight excluding hydrogens is 372 g/mol. The van der Waals surface area contributed by atoms with Crippen LogP contribution in [-0.4, -0.2) is 65.6 Å². The molecule has 0 spiro atoms. The van der Waals surface area contributed by atoms with Crippen LogP contribution in [0.2, 0.25) is 0 Å². The van der Waals surface area contributed by atoms with E-state index in [0.29, 0.717) is 30.4 Å². The first-order chi connectivity index (χ1) is 14.0. The van der Waals surface area contributed by atoms with E-state index in [2.05, 4.69) is 30.6 Å². The predicted molar refractivity (Wildman–Crippen MR) is 106 cm³/mol. The Hall–Kier alpha value is -3.43. The highest BCUT2D eigenvalue weighted by atomic mass is 16.2. The molecule has 0 aliphatic rings. The average Bonchev–Trinajstić information content (AvgIpc) is 3.17. The van der Waals surface area contributed by atoms with Crippen molar-refractivity contribution >= 4 is 17.5 Å². The predicted octanol–water partition coefficient (Wildman–Crippen LogP) is 1.35. The third-order valence-electron chi connectivity index (χ3n) is 4.28. The van der Waals surface area contributed by atoms with E-state index in [-0.39, 0.29) is 11.6 Å². The largest absolute Gasteiger partial charge is 0.341 e. The SMILES string of the molecule is CCCN(CCC)C(=O)C(C)NC(=O)c1ccc2nnc(-c3ncccn3)n2n1. The fourth-order valence-corrected chi connectivity index (χ4v) is 2.94. The van der Waals surface area contributed by atoms with E-state index in [1.54, 1.807) is 42.4 Å².